The van der Waals surface area contributed by atoms with E-state index in [1.54, 1.807) is 30.5 Å². The van der Waals surface area contributed by atoms with Crippen molar-refractivity contribution in [3.63, 3.8) is 0 Å². The van der Waals surface area contributed by atoms with Crippen LogP contribution in [0.5, 0.6) is 0 Å². The van der Waals surface area contributed by atoms with Gasteiger partial charge in [-0.15, -0.1) is 0 Å². The number of thioether (sulfide) groups is 1. The maximum absolute atomic E-state index is 12.4. The number of hydrogen-bond donors (Lipinski definition) is 3. The number of amidine groups is 1. The van der Waals surface area contributed by atoms with Gasteiger partial charge in [-0.25, -0.2) is 4.79 Å². The quantitative estimate of drug-likeness (QED) is 0.331. The zero-order valence-corrected chi connectivity index (χ0v) is 21.5. The van der Waals surface area contributed by atoms with E-state index in [-0.39, 0.29) is 11.8 Å². The van der Waals surface area contributed by atoms with E-state index in [0.717, 1.165) is 16.5 Å². The van der Waals surface area contributed by atoms with E-state index in [2.05, 4.69) is 20.6 Å². The first-order valence-electron chi connectivity index (χ1n) is 11.5. The Labute approximate surface area is 229 Å². The second-order valence-corrected chi connectivity index (χ2v) is 10.0. The molecule has 2 aliphatic rings. The van der Waals surface area contributed by atoms with Gasteiger partial charge in [-0.1, -0.05) is 23.7 Å². The van der Waals surface area contributed by atoms with Crippen LogP contribution < -0.4 is 10.6 Å². The third kappa shape index (κ3) is 7.80. The van der Waals surface area contributed by atoms with Crippen LogP contribution in [0.2, 0.25) is 5.02 Å². The molecule has 2 heterocycles. The fraction of sp³-hybridized carbons (Fsp3) is 0.192. The number of aliphatic carboxylic acids is 1. The van der Waals surface area contributed by atoms with Crippen molar-refractivity contribution in [1.82, 2.24) is 10.3 Å². The first-order valence-corrected chi connectivity index (χ1v) is 12.7. The zero-order chi connectivity index (χ0) is 28.2. The van der Waals surface area contributed by atoms with Gasteiger partial charge in [0.15, 0.2) is 5.17 Å². The Hall–Kier alpha value is -3.90. The molecule has 0 bridgehead atoms. The van der Waals surface area contributed by atoms with Gasteiger partial charge in [-0.2, -0.15) is 18.2 Å². The Bertz CT molecular complexity index is 1510. The van der Waals surface area contributed by atoms with Gasteiger partial charge >= 0.3 is 12.1 Å². The molecule has 13 heteroatoms. The third-order valence-corrected chi connectivity index (χ3v) is 6.73. The lowest BCUT2D eigenvalue weighted by Crippen LogP contribution is -2.25. The highest BCUT2D eigenvalue weighted by Crippen LogP contribution is 2.32. The summed E-state index contributed by atoms with van der Waals surface area (Å²) >= 11 is 7.55. The first-order chi connectivity index (χ1) is 18.5. The number of carboxylic acids is 1. The molecule has 0 unspecified atom stereocenters. The molecule has 0 radical (unpaired) electrons. The zero-order valence-electron chi connectivity index (χ0n) is 20.0. The minimum atomic E-state index is -5.08. The highest BCUT2D eigenvalue weighted by Gasteiger charge is 2.38. The van der Waals surface area contributed by atoms with E-state index >= 15 is 0 Å². The molecule has 8 nitrogen and oxygen atoms in total. The smallest absolute Gasteiger partial charge is 0.475 e. The lowest BCUT2D eigenvalue weighted by molar-refractivity contribution is -0.192. The molecule has 0 spiro atoms. The van der Waals surface area contributed by atoms with Crippen LogP contribution in [0.4, 0.5) is 18.9 Å². The molecule has 1 aliphatic heterocycles. The highest BCUT2D eigenvalue weighted by atomic mass is 35.5. The van der Waals surface area contributed by atoms with Gasteiger partial charge in [-0.3, -0.25) is 14.6 Å². The number of rotatable bonds is 5. The Balaban J connectivity index is 0.000000448. The van der Waals surface area contributed by atoms with Gasteiger partial charge in [0.05, 0.1) is 21.1 Å². The van der Waals surface area contributed by atoms with Crippen molar-refractivity contribution in [2.45, 2.75) is 19.0 Å². The maximum Gasteiger partial charge on any atom is 0.490 e. The van der Waals surface area contributed by atoms with Crippen LogP contribution in [0.3, 0.4) is 0 Å². The number of hydrogen-bond acceptors (Lipinski definition) is 6. The molecular formula is C26H20ClF3N4O4S. The fourth-order valence-electron chi connectivity index (χ4n) is 3.34. The number of aromatic nitrogens is 1. The molecule has 0 saturated heterocycles. The molecule has 3 aromatic rings. The van der Waals surface area contributed by atoms with Crippen molar-refractivity contribution >= 4 is 69.0 Å². The number of benzene rings is 2. The number of anilines is 1. The highest BCUT2D eigenvalue weighted by molar-refractivity contribution is 8.18. The molecule has 2 amide bonds. The molecule has 3 N–H and O–H groups in total. The third-order valence-electron chi connectivity index (χ3n) is 5.51. The van der Waals surface area contributed by atoms with Crippen LogP contribution in [-0.4, -0.2) is 45.8 Å². The summed E-state index contributed by atoms with van der Waals surface area (Å²) in [5, 5.41) is 15.0. The van der Waals surface area contributed by atoms with Crippen molar-refractivity contribution in [3.8, 4) is 0 Å². The number of carbonyl (C=O) groups excluding carboxylic acids is 2. The molecule has 202 valence electrons. The number of alkyl halides is 3. The van der Waals surface area contributed by atoms with Crippen LogP contribution in [-0.2, 0) is 9.59 Å². The average Bonchev–Trinajstić information content (AvgIpc) is 3.66. The van der Waals surface area contributed by atoms with Crippen LogP contribution in [0.15, 0.2) is 64.6 Å². The van der Waals surface area contributed by atoms with Crippen molar-refractivity contribution in [1.29, 1.82) is 0 Å². The largest absolute Gasteiger partial charge is 0.490 e. The number of aliphatic imine (C=N–C) groups is 1. The van der Waals surface area contributed by atoms with Crippen molar-refractivity contribution in [3.05, 3.63) is 75.8 Å². The van der Waals surface area contributed by atoms with Gasteiger partial charge in [0.1, 0.15) is 0 Å². The van der Waals surface area contributed by atoms with Gasteiger partial charge in [0, 0.05) is 23.7 Å². The average molecular weight is 577 g/mol. The Morgan fingerprint density at radius 3 is 2.59 bits per heavy atom. The van der Waals surface area contributed by atoms with Crippen molar-refractivity contribution in [2.24, 2.45) is 10.9 Å². The summed E-state index contributed by atoms with van der Waals surface area (Å²) in [5.41, 5.74) is 2.83. The summed E-state index contributed by atoms with van der Waals surface area (Å²) in [6.45, 7) is 0.695. The summed E-state index contributed by atoms with van der Waals surface area (Å²) in [7, 11) is 0. The summed E-state index contributed by atoms with van der Waals surface area (Å²) in [6.07, 6.45) is 0.815. The monoisotopic (exact) mass is 576 g/mol. The molecular weight excluding hydrogens is 557 g/mol. The molecule has 2 aromatic carbocycles. The van der Waals surface area contributed by atoms with E-state index in [9.17, 15) is 22.8 Å². The predicted octanol–water partition coefficient (Wildman–Crippen LogP) is 5.74. The maximum atomic E-state index is 12.4. The number of carbonyl (C=O) groups is 3. The summed E-state index contributed by atoms with van der Waals surface area (Å²) < 4.78 is 31.7. The molecule has 1 aliphatic carbocycles. The Morgan fingerprint density at radius 2 is 1.90 bits per heavy atom. The standard InChI is InChI=1S/C24H19ClN4O2S.C2HF3O2/c25-18-7-6-17(22(30)27-13-14-3-4-14)12-20(18)28-24-29-23(31)21(32-24)11-15-5-8-19-16(10-15)2-1-9-26-19;3-2(4,5)1(6)7/h1-2,5-12,14H,3-4,13H2,(H,27,30)(H,28,29,31);(H,6,7)/b21-11-;. The minimum Gasteiger partial charge on any atom is -0.475 e. The van der Waals surface area contributed by atoms with Gasteiger partial charge in [0.2, 0.25) is 0 Å². The molecule has 1 fully saturated rings. The van der Waals surface area contributed by atoms with Gasteiger partial charge in [-0.05, 0) is 78.6 Å². The van der Waals surface area contributed by atoms with E-state index in [4.69, 9.17) is 21.5 Å². The van der Waals surface area contributed by atoms with Gasteiger partial charge in [0.25, 0.3) is 11.8 Å². The van der Waals surface area contributed by atoms with Gasteiger partial charge < -0.3 is 15.7 Å². The molecule has 0 atom stereocenters. The normalized spacial score (nSPS) is 15.9. The Kier molecular flexibility index (Phi) is 8.56. The number of pyridine rings is 1. The number of nitrogens with one attached hydrogen (secondary N) is 2. The molecule has 1 aromatic heterocycles. The number of carboxylic acid groups (broad SMARTS) is 1. The lowest BCUT2D eigenvalue weighted by atomic mass is 10.1. The SMILES string of the molecule is O=C(O)C(F)(F)F.O=C1N=C(Nc2cc(C(=O)NCC3CC3)ccc2Cl)S/C1=C\c1ccc2ncccc2c1. The Morgan fingerprint density at radius 1 is 1.15 bits per heavy atom. The van der Waals surface area contributed by atoms with Crippen molar-refractivity contribution in [2.75, 3.05) is 11.9 Å². The van der Waals surface area contributed by atoms with E-state index in [0.29, 0.717) is 38.8 Å². The summed E-state index contributed by atoms with van der Waals surface area (Å²) in [6, 6.07) is 14.7. The summed E-state index contributed by atoms with van der Waals surface area (Å²) in [4.78, 5) is 42.6. The van der Waals surface area contributed by atoms with Crippen LogP contribution >= 0.6 is 23.4 Å². The van der Waals surface area contributed by atoms with Crippen molar-refractivity contribution < 1.29 is 32.7 Å². The second kappa shape index (κ2) is 11.9. The number of halogens is 4. The molecule has 39 heavy (non-hydrogen) atoms. The van der Waals surface area contributed by atoms with Crippen LogP contribution in [0.1, 0.15) is 28.8 Å². The van der Waals surface area contributed by atoms with Crippen LogP contribution in [0, 0.1) is 5.92 Å². The first kappa shape index (κ1) is 28.1. The van der Waals surface area contributed by atoms with E-state index in [1.807, 2.05) is 30.3 Å². The predicted molar refractivity (Wildman–Crippen MR) is 144 cm³/mol. The second-order valence-electron chi connectivity index (χ2n) is 8.56. The minimum absolute atomic E-state index is 0.139. The topological polar surface area (TPSA) is 121 Å². The number of fused-ring (bicyclic) bond motifs is 1. The van der Waals surface area contributed by atoms with E-state index < -0.39 is 12.1 Å². The number of nitrogens with zero attached hydrogens (tertiary/aromatic N) is 2. The lowest BCUT2D eigenvalue weighted by Gasteiger charge is -2.10. The van der Waals surface area contributed by atoms with Crippen LogP contribution in [0.25, 0.3) is 17.0 Å². The molecule has 5 rings (SSSR count). The van der Waals surface area contributed by atoms with E-state index in [1.165, 1.54) is 24.6 Å². The number of amides is 2. The summed E-state index contributed by atoms with van der Waals surface area (Å²) in [5.74, 6) is -2.62. The molecule has 1 saturated carbocycles. The fourth-order valence-corrected chi connectivity index (χ4v) is 4.33.